The summed E-state index contributed by atoms with van der Waals surface area (Å²) in [6.45, 7) is 5.59. The van der Waals surface area contributed by atoms with Crippen LogP contribution in [0.5, 0.6) is 0 Å². The van der Waals surface area contributed by atoms with Crippen LogP contribution < -0.4 is 5.32 Å². The van der Waals surface area contributed by atoms with E-state index in [1.54, 1.807) is 6.08 Å². The molecule has 1 heterocycles. The highest BCUT2D eigenvalue weighted by Gasteiger charge is 2.47. The van der Waals surface area contributed by atoms with Gasteiger partial charge in [0.25, 0.3) is 0 Å². The molecular formula is C71H121NO10. The van der Waals surface area contributed by atoms with Crippen LogP contribution in [0.1, 0.15) is 265 Å². The second kappa shape index (κ2) is 57.7. The maximum absolute atomic E-state index is 13.4. The molecule has 11 heteroatoms. The Morgan fingerprint density at radius 1 is 0.500 bits per heavy atom. The minimum Gasteiger partial charge on any atom is -0.454 e. The fourth-order valence-corrected chi connectivity index (χ4v) is 9.80. The largest absolute Gasteiger partial charge is 0.454 e. The van der Waals surface area contributed by atoms with Crippen LogP contribution in [-0.4, -0.2) is 99.6 Å². The summed E-state index contributed by atoms with van der Waals surface area (Å²) in [5.74, 6) is -1.24. The SMILES string of the molecule is CC/C=C/C=C/C=C\C=C/C=C/CCCCC(O)C(=O)NC(COC1OC(CO)C(O)C(O)C1OC(=O)CCCCCCCCCCCCCCCC/C=C\C/C=C\C/C=C\CCCCC)C(O)/C=C/CCCCCCCCCCCC. The number of carbonyl (C=O) groups is 2. The fraction of sp³-hybridized carbons (Fsp3) is 0.718. The molecule has 1 aliphatic rings. The predicted molar refractivity (Wildman–Crippen MR) is 342 cm³/mol. The van der Waals surface area contributed by atoms with Crippen LogP contribution in [-0.2, 0) is 23.8 Å². The van der Waals surface area contributed by atoms with Crippen molar-refractivity contribution in [1.82, 2.24) is 5.32 Å². The van der Waals surface area contributed by atoms with E-state index in [1.807, 2.05) is 60.8 Å². The lowest BCUT2D eigenvalue weighted by Gasteiger charge is -2.41. The van der Waals surface area contributed by atoms with E-state index in [0.717, 1.165) is 77.0 Å². The molecule has 0 bridgehead atoms. The van der Waals surface area contributed by atoms with Crippen molar-refractivity contribution in [2.24, 2.45) is 0 Å². The zero-order chi connectivity index (χ0) is 59.6. The molecule has 0 spiro atoms. The highest BCUT2D eigenvalue weighted by molar-refractivity contribution is 5.80. The van der Waals surface area contributed by atoms with Crippen LogP contribution >= 0.6 is 0 Å². The second-order valence-electron chi connectivity index (χ2n) is 22.6. The Morgan fingerprint density at radius 3 is 1.45 bits per heavy atom. The Bertz CT molecular complexity index is 1750. The molecule has 11 nitrogen and oxygen atoms in total. The number of hydrogen-bond donors (Lipinski definition) is 6. The number of aliphatic hydroxyl groups excluding tert-OH is 5. The number of unbranched alkanes of at least 4 members (excludes halogenated alkanes) is 29. The van der Waals surface area contributed by atoms with Crippen LogP contribution in [0.2, 0.25) is 0 Å². The van der Waals surface area contributed by atoms with Gasteiger partial charge in [-0.25, -0.2) is 0 Å². The van der Waals surface area contributed by atoms with Gasteiger partial charge in [-0.1, -0.05) is 284 Å². The van der Waals surface area contributed by atoms with Gasteiger partial charge in [-0.3, -0.25) is 9.59 Å². The van der Waals surface area contributed by atoms with E-state index in [9.17, 15) is 35.1 Å². The Kier molecular flexibility index (Phi) is 53.7. The number of carbonyl (C=O) groups excluding carboxylic acids is 2. The molecule has 8 atom stereocenters. The van der Waals surface area contributed by atoms with Gasteiger partial charge in [0.05, 0.1) is 25.4 Å². The number of rotatable bonds is 55. The molecule has 8 unspecified atom stereocenters. The molecule has 6 N–H and O–H groups in total. The first-order chi connectivity index (χ1) is 40.2. The normalized spacial score (nSPS) is 19.3. The number of nitrogens with one attached hydrogen (secondary N) is 1. The van der Waals surface area contributed by atoms with E-state index in [2.05, 4.69) is 68.6 Å². The highest BCUT2D eigenvalue weighted by atomic mass is 16.7. The van der Waals surface area contributed by atoms with Crippen LogP contribution in [0, 0.1) is 0 Å². The number of esters is 1. The molecule has 0 aromatic carbocycles. The van der Waals surface area contributed by atoms with Gasteiger partial charge in [-0.2, -0.15) is 0 Å². The van der Waals surface area contributed by atoms with E-state index in [-0.39, 0.29) is 19.4 Å². The van der Waals surface area contributed by atoms with Crippen molar-refractivity contribution in [2.45, 2.75) is 314 Å². The molecule has 0 aromatic heterocycles. The van der Waals surface area contributed by atoms with Gasteiger partial charge >= 0.3 is 5.97 Å². The molecule has 1 rings (SSSR count). The minimum absolute atomic E-state index is 0.112. The molecule has 470 valence electrons. The third kappa shape index (κ3) is 44.8. The van der Waals surface area contributed by atoms with Crippen LogP contribution in [0.25, 0.3) is 0 Å². The summed E-state index contributed by atoms with van der Waals surface area (Å²) < 4.78 is 17.6. The molecule has 0 radical (unpaired) electrons. The smallest absolute Gasteiger partial charge is 0.306 e. The average molecular weight is 1150 g/mol. The third-order valence-electron chi connectivity index (χ3n) is 15.0. The molecule has 1 saturated heterocycles. The van der Waals surface area contributed by atoms with Crippen molar-refractivity contribution in [3.63, 3.8) is 0 Å². The summed E-state index contributed by atoms with van der Waals surface area (Å²) in [7, 11) is 0. The van der Waals surface area contributed by atoms with E-state index in [1.165, 1.54) is 141 Å². The van der Waals surface area contributed by atoms with E-state index in [4.69, 9.17) is 14.2 Å². The lowest BCUT2D eigenvalue weighted by Crippen LogP contribution is -2.61. The monoisotopic (exact) mass is 1150 g/mol. The van der Waals surface area contributed by atoms with Gasteiger partial charge in [0, 0.05) is 6.42 Å². The van der Waals surface area contributed by atoms with E-state index >= 15 is 0 Å². The molecule has 82 heavy (non-hydrogen) atoms. The van der Waals surface area contributed by atoms with Crippen molar-refractivity contribution in [1.29, 1.82) is 0 Å². The van der Waals surface area contributed by atoms with Gasteiger partial charge in [-0.05, 0) is 83.5 Å². The van der Waals surface area contributed by atoms with Gasteiger partial charge < -0.3 is 45.1 Å². The molecule has 0 saturated carbocycles. The van der Waals surface area contributed by atoms with Gasteiger partial charge in [0.2, 0.25) is 5.91 Å². The summed E-state index contributed by atoms with van der Waals surface area (Å²) in [6.07, 6.45) is 68.5. The quantitative estimate of drug-likeness (QED) is 0.0149. The fourth-order valence-electron chi connectivity index (χ4n) is 9.80. The maximum Gasteiger partial charge on any atom is 0.306 e. The van der Waals surface area contributed by atoms with Crippen molar-refractivity contribution < 1.29 is 49.3 Å². The van der Waals surface area contributed by atoms with Gasteiger partial charge in [0.1, 0.15) is 24.4 Å². The second-order valence-corrected chi connectivity index (χ2v) is 22.6. The lowest BCUT2D eigenvalue weighted by molar-refractivity contribution is -0.305. The van der Waals surface area contributed by atoms with Crippen molar-refractivity contribution in [2.75, 3.05) is 13.2 Å². The Balaban J connectivity index is 2.58. The summed E-state index contributed by atoms with van der Waals surface area (Å²) in [4.78, 5) is 26.6. The van der Waals surface area contributed by atoms with Crippen LogP contribution in [0.4, 0.5) is 0 Å². The molecular weight excluding hydrogens is 1030 g/mol. The first-order valence-corrected chi connectivity index (χ1v) is 33.2. The number of aliphatic hydroxyl groups is 5. The van der Waals surface area contributed by atoms with Gasteiger partial charge in [-0.15, -0.1) is 0 Å². The Hall–Kier alpha value is -3.68. The average Bonchev–Trinajstić information content (AvgIpc) is 3.68. The van der Waals surface area contributed by atoms with Crippen LogP contribution in [0.15, 0.2) is 109 Å². The topological polar surface area (TPSA) is 175 Å². The van der Waals surface area contributed by atoms with Crippen LogP contribution in [0.3, 0.4) is 0 Å². The van der Waals surface area contributed by atoms with Crippen molar-refractivity contribution in [3.05, 3.63) is 109 Å². The zero-order valence-electron chi connectivity index (χ0n) is 52.1. The van der Waals surface area contributed by atoms with Gasteiger partial charge in [0.15, 0.2) is 12.4 Å². The molecule has 1 aliphatic heterocycles. The zero-order valence-corrected chi connectivity index (χ0v) is 52.1. The minimum atomic E-state index is -1.63. The predicted octanol–water partition coefficient (Wildman–Crippen LogP) is 16.4. The number of hydrogen-bond acceptors (Lipinski definition) is 10. The lowest BCUT2D eigenvalue weighted by atomic mass is 9.99. The van der Waals surface area contributed by atoms with E-state index in [0.29, 0.717) is 12.8 Å². The third-order valence-corrected chi connectivity index (χ3v) is 15.0. The molecule has 1 fully saturated rings. The first kappa shape index (κ1) is 76.3. The standard InChI is InChI=1S/C71H121NO10/c1-4-7-10-13-16-19-22-25-27-28-29-30-31-32-33-34-35-36-37-38-39-41-44-47-50-53-56-59-66(76)82-69-68(78)67(77)65(60-73)81-71(69)80-61-62(63(74)57-54-51-48-45-42-24-21-18-15-12-9-6-3)72-70(79)64(75)58-55-52-49-46-43-40-26-23-20-17-14-11-8-5-2/h8,11,14,16-17,19-20,23,25-27,29-30,40,43,46,54,57,62-65,67-69,71,73-75,77-78H,4-7,9-10,12-13,15,18,21-22,24,28,31-39,41-42,44-45,47-53,55-56,58-61H2,1-3H3,(H,72,79)/b11-8+,17-14+,19-16-,23-20-,27-25-,30-29-,40-26-,46-43+,57-54+. The molecule has 0 aliphatic carbocycles. The maximum atomic E-state index is 13.4. The molecule has 0 aromatic rings. The van der Waals surface area contributed by atoms with Crippen molar-refractivity contribution >= 4 is 11.9 Å². The van der Waals surface area contributed by atoms with Crippen molar-refractivity contribution in [3.8, 4) is 0 Å². The number of amides is 1. The summed E-state index contributed by atoms with van der Waals surface area (Å²) in [5.41, 5.74) is 0. The number of allylic oxidation sites excluding steroid dienone is 17. The number of ether oxygens (including phenoxy) is 3. The summed E-state index contributed by atoms with van der Waals surface area (Å²) in [6, 6.07) is -1.05. The summed E-state index contributed by atoms with van der Waals surface area (Å²) >= 11 is 0. The first-order valence-electron chi connectivity index (χ1n) is 33.2. The highest BCUT2D eigenvalue weighted by Crippen LogP contribution is 2.26. The summed E-state index contributed by atoms with van der Waals surface area (Å²) in [5, 5.41) is 57.0. The Morgan fingerprint density at radius 2 is 0.927 bits per heavy atom. The Labute approximate surface area is 500 Å². The molecule has 1 amide bonds. The van der Waals surface area contributed by atoms with E-state index < -0.39 is 67.4 Å².